The van der Waals surface area contributed by atoms with Gasteiger partial charge in [0.25, 0.3) is 0 Å². The second-order valence-corrected chi connectivity index (χ2v) is 7.93. The van der Waals surface area contributed by atoms with E-state index >= 15 is 0 Å². The molecule has 1 fully saturated rings. The fourth-order valence-electron chi connectivity index (χ4n) is 3.30. The summed E-state index contributed by atoms with van der Waals surface area (Å²) >= 11 is 3.40. The molecule has 3 rings (SSSR count). The van der Waals surface area contributed by atoms with Gasteiger partial charge in [-0.2, -0.15) is 0 Å². The first-order valence-electron chi connectivity index (χ1n) is 9.89. The van der Waals surface area contributed by atoms with Crippen LogP contribution in [0.4, 0.5) is 5.69 Å². The molecule has 2 aromatic carbocycles. The van der Waals surface area contributed by atoms with Crippen molar-refractivity contribution in [2.24, 2.45) is 0 Å². The molecule has 9 heteroatoms. The zero-order valence-electron chi connectivity index (χ0n) is 17.6. The molecule has 1 aliphatic rings. The molecule has 0 amide bonds. The average molecular weight is 538 g/mol. The summed E-state index contributed by atoms with van der Waals surface area (Å²) in [5.74, 6) is 1.69. The Morgan fingerprint density at radius 3 is 2.13 bits per heavy atom. The molecule has 0 bridgehead atoms. The Balaban J connectivity index is 0.00000240. The maximum absolute atomic E-state index is 10.2. The Labute approximate surface area is 205 Å². The molecule has 2 aromatic rings. The second-order valence-electron chi connectivity index (χ2n) is 7.02. The van der Waals surface area contributed by atoms with Crippen LogP contribution in [0.15, 0.2) is 53.0 Å². The van der Waals surface area contributed by atoms with Gasteiger partial charge in [0.15, 0.2) is 0 Å². The van der Waals surface area contributed by atoms with Crippen molar-refractivity contribution in [1.29, 1.82) is 0 Å². The molecule has 1 unspecified atom stereocenters. The first kappa shape index (κ1) is 27.8. The quantitative estimate of drug-likeness (QED) is 0.464. The topological polar surface area (TPSA) is 54.4 Å². The van der Waals surface area contributed by atoms with E-state index in [2.05, 4.69) is 37.9 Å². The fourth-order valence-corrected chi connectivity index (χ4v) is 3.57. The highest BCUT2D eigenvalue weighted by Gasteiger charge is 2.19. The molecule has 1 saturated heterocycles. The number of ether oxygens (including phenoxy) is 3. The van der Waals surface area contributed by atoms with Crippen molar-refractivity contribution in [3.8, 4) is 11.5 Å². The highest BCUT2D eigenvalue weighted by molar-refractivity contribution is 9.10. The minimum Gasteiger partial charge on any atom is -0.497 e. The largest absolute Gasteiger partial charge is 0.497 e. The summed E-state index contributed by atoms with van der Waals surface area (Å²) in [5, 5.41) is 10.2. The number of β-amino-alcohol motifs (C(OH)–C–C–N with tert-alkyl or cyclic N) is 1. The molecule has 1 N–H and O–H groups in total. The zero-order chi connectivity index (χ0) is 20.5. The lowest BCUT2D eigenvalue weighted by atomic mass is 10.2. The summed E-state index contributed by atoms with van der Waals surface area (Å²) in [7, 11) is 1.68. The fraction of sp³-hybridized carbons (Fsp3) is 0.455. The van der Waals surface area contributed by atoms with Crippen LogP contribution in [-0.4, -0.2) is 75.8 Å². The van der Waals surface area contributed by atoms with Crippen LogP contribution in [0.5, 0.6) is 11.5 Å². The van der Waals surface area contributed by atoms with E-state index in [1.54, 1.807) is 7.11 Å². The van der Waals surface area contributed by atoms with E-state index in [0.717, 1.165) is 42.2 Å². The first-order valence-corrected chi connectivity index (χ1v) is 10.7. The third-order valence-electron chi connectivity index (χ3n) is 4.90. The Kier molecular flexibility index (Phi) is 13.3. The van der Waals surface area contributed by atoms with Crippen LogP contribution < -0.4 is 14.4 Å². The number of anilines is 1. The van der Waals surface area contributed by atoms with Crippen molar-refractivity contribution < 1.29 is 19.3 Å². The number of aliphatic hydroxyl groups excluding tert-OH is 1. The Hall–Kier alpha value is -1.22. The number of piperazine rings is 1. The van der Waals surface area contributed by atoms with E-state index in [-0.39, 0.29) is 24.8 Å². The third kappa shape index (κ3) is 9.43. The molecule has 174 valence electrons. The molecular formula is C22H31BrCl2N2O4. The minimum atomic E-state index is -0.491. The van der Waals surface area contributed by atoms with Crippen molar-refractivity contribution in [2.75, 3.05) is 64.6 Å². The number of aliphatic hydroxyl groups is 1. The normalized spacial score (nSPS) is 14.9. The van der Waals surface area contributed by atoms with E-state index in [4.69, 9.17) is 14.2 Å². The van der Waals surface area contributed by atoms with E-state index in [1.165, 1.54) is 5.69 Å². The second kappa shape index (κ2) is 14.8. The predicted molar refractivity (Wildman–Crippen MR) is 133 cm³/mol. The molecule has 31 heavy (non-hydrogen) atoms. The summed E-state index contributed by atoms with van der Waals surface area (Å²) in [6, 6.07) is 15.9. The first-order chi connectivity index (χ1) is 14.1. The number of hydrogen-bond acceptors (Lipinski definition) is 6. The molecule has 0 saturated carbocycles. The molecule has 0 aliphatic carbocycles. The van der Waals surface area contributed by atoms with Crippen LogP contribution in [0.2, 0.25) is 0 Å². The van der Waals surface area contributed by atoms with Gasteiger partial charge >= 0.3 is 0 Å². The van der Waals surface area contributed by atoms with E-state index < -0.39 is 6.10 Å². The maximum atomic E-state index is 10.2. The van der Waals surface area contributed by atoms with Gasteiger partial charge in [0.1, 0.15) is 18.1 Å². The van der Waals surface area contributed by atoms with Gasteiger partial charge < -0.3 is 24.2 Å². The van der Waals surface area contributed by atoms with Gasteiger partial charge in [0.05, 0.1) is 26.4 Å². The van der Waals surface area contributed by atoms with Crippen LogP contribution in [0.1, 0.15) is 0 Å². The van der Waals surface area contributed by atoms with Gasteiger partial charge in [-0.25, -0.2) is 0 Å². The summed E-state index contributed by atoms with van der Waals surface area (Å²) < 4.78 is 17.4. The van der Waals surface area contributed by atoms with Gasteiger partial charge in [-0.1, -0.05) is 15.9 Å². The van der Waals surface area contributed by atoms with E-state index in [0.29, 0.717) is 26.4 Å². The average Bonchev–Trinajstić information content (AvgIpc) is 2.75. The lowest BCUT2D eigenvalue weighted by Crippen LogP contribution is -2.49. The number of hydrogen-bond donors (Lipinski definition) is 1. The lowest BCUT2D eigenvalue weighted by Gasteiger charge is -2.36. The van der Waals surface area contributed by atoms with Crippen molar-refractivity contribution in [2.45, 2.75) is 6.10 Å². The molecule has 0 aromatic heterocycles. The number of halogens is 3. The Morgan fingerprint density at radius 1 is 0.903 bits per heavy atom. The van der Waals surface area contributed by atoms with Crippen molar-refractivity contribution in [1.82, 2.24) is 4.90 Å². The summed E-state index contributed by atoms with van der Waals surface area (Å²) in [5.41, 5.74) is 1.21. The third-order valence-corrected chi connectivity index (χ3v) is 5.43. The van der Waals surface area contributed by atoms with Crippen LogP contribution in [0.25, 0.3) is 0 Å². The number of nitrogens with zero attached hydrogens (tertiary/aromatic N) is 2. The molecular weight excluding hydrogens is 507 g/mol. The summed E-state index contributed by atoms with van der Waals surface area (Å²) in [6.45, 7) is 5.62. The van der Waals surface area contributed by atoms with Gasteiger partial charge in [-0.3, -0.25) is 4.90 Å². The van der Waals surface area contributed by atoms with Gasteiger partial charge in [0.2, 0.25) is 0 Å². The standard InChI is InChI=1S/C22H29BrN2O4.2ClH/c1-27-21-8-4-19(5-9-21)25-12-10-24(11-13-25)16-20(26)17-28-14-15-29-22-6-2-18(23)3-7-22;;/h2-9,20,26H,10-17H2,1H3;2*1H. The lowest BCUT2D eigenvalue weighted by molar-refractivity contribution is 0.00718. The van der Waals surface area contributed by atoms with Crippen LogP contribution in [0, 0.1) is 0 Å². The van der Waals surface area contributed by atoms with Gasteiger partial charge in [0, 0.05) is 42.9 Å². The van der Waals surface area contributed by atoms with Gasteiger partial charge in [-0.15, -0.1) is 24.8 Å². The molecule has 1 heterocycles. The molecule has 1 aliphatic heterocycles. The van der Waals surface area contributed by atoms with Gasteiger partial charge in [-0.05, 0) is 48.5 Å². The molecule has 6 nitrogen and oxygen atoms in total. The van der Waals surface area contributed by atoms with Crippen molar-refractivity contribution >= 4 is 46.4 Å². The SMILES string of the molecule is COc1ccc(N2CCN(CC(O)COCCOc3ccc(Br)cc3)CC2)cc1.Cl.Cl. The summed E-state index contributed by atoms with van der Waals surface area (Å²) in [6.07, 6.45) is -0.491. The molecule has 0 radical (unpaired) electrons. The smallest absolute Gasteiger partial charge is 0.119 e. The number of benzene rings is 2. The Morgan fingerprint density at radius 2 is 1.52 bits per heavy atom. The van der Waals surface area contributed by atoms with Crippen LogP contribution >= 0.6 is 40.7 Å². The highest BCUT2D eigenvalue weighted by atomic mass is 79.9. The highest BCUT2D eigenvalue weighted by Crippen LogP contribution is 2.20. The number of rotatable bonds is 10. The Bertz CT molecular complexity index is 729. The predicted octanol–water partition coefficient (Wildman–Crippen LogP) is 3.88. The molecule has 1 atom stereocenters. The minimum absolute atomic E-state index is 0. The molecule has 0 spiro atoms. The van der Waals surface area contributed by atoms with Crippen LogP contribution in [-0.2, 0) is 4.74 Å². The maximum Gasteiger partial charge on any atom is 0.119 e. The van der Waals surface area contributed by atoms with Crippen LogP contribution in [0.3, 0.4) is 0 Å². The summed E-state index contributed by atoms with van der Waals surface area (Å²) in [4.78, 5) is 4.64. The zero-order valence-corrected chi connectivity index (χ0v) is 20.8. The van der Waals surface area contributed by atoms with E-state index in [1.807, 2.05) is 36.4 Å². The number of methoxy groups -OCH3 is 1. The van der Waals surface area contributed by atoms with Crippen molar-refractivity contribution in [3.63, 3.8) is 0 Å². The van der Waals surface area contributed by atoms with Crippen molar-refractivity contribution in [3.05, 3.63) is 53.0 Å². The van der Waals surface area contributed by atoms with E-state index in [9.17, 15) is 5.11 Å². The monoisotopic (exact) mass is 536 g/mol.